The third kappa shape index (κ3) is 2.48. The zero-order valence-electron chi connectivity index (χ0n) is 9.56. The van der Waals surface area contributed by atoms with Gasteiger partial charge in [-0.1, -0.05) is 0 Å². The SMILES string of the molecule is CC(C)N1CCN(c2cccnc2)CC1. The van der Waals surface area contributed by atoms with Crippen molar-refractivity contribution in [3.05, 3.63) is 24.5 Å². The van der Waals surface area contributed by atoms with E-state index in [0.717, 1.165) is 26.2 Å². The van der Waals surface area contributed by atoms with Gasteiger partial charge in [-0.2, -0.15) is 0 Å². The Morgan fingerprint density at radius 3 is 2.47 bits per heavy atom. The summed E-state index contributed by atoms with van der Waals surface area (Å²) >= 11 is 0. The Morgan fingerprint density at radius 1 is 1.20 bits per heavy atom. The van der Waals surface area contributed by atoms with Crippen molar-refractivity contribution in [3.63, 3.8) is 0 Å². The van der Waals surface area contributed by atoms with Crippen molar-refractivity contribution >= 4 is 5.69 Å². The van der Waals surface area contributed by atoms with Crippen LogP contribution in [0.4, 0.5) is 5.69 Å². The number of hydrogen-bond donors (Lipinski definition) is 0. The first-order valence-corrected chi connectivity index (χ1v) is 5.66. The van der Waals surface area contributed by atoms with Crippen LogP contribution in [0.5, 0.6) is 0 Å². The van der Waals surface area contributed by atoms with Crippen molar-refractivity contribution in [2.75, 3.05) is 31.1 Å². The molecule has 1 fully saturated rings. The lowest BCUT2D eigenvalue weighted by Crippen LogP contribution is -2.48. The van der Waals surface area contributed by atoms with E-state index in [1.165, 1.54) is 5.69 Å². The van der Waals surface area contributed by atoms with Gasteiger partial charge in [-0.05, 0) is 26.0 Å². The van der Waals surface area contributed by atoms with Crippen molar-refractivity contribution < 1.29 is 0 Å². The van der Waals surface area contributed by atoms with Gasteiger partial charge in [-0.25, -0.2) is 0 Å². The van der Waals surface area contributed by atoms with E-state index in [-0.39, 0.29) is 0 Å². The fourth-order valence-electron chi connectivity index (χ4n) is 2.04. The molecule has 2 rings (SSSR count). The molecule has 0 aromatic carbocycles. The number of anilines is 1. The summed E-state index contributed by atoms with van der Waals surface area (Å²) in [6.45, 7) is 9.08. The molecule has 0 radical (unpaired) electrons. The van der Waals surface area contributed by atoms with Crippen LogP contribution in [-0.2, 0) is 0 Å². The summed E-state index contributed by atoms with van der Waals surface area (Å²) in [6, 6.07) is 4.81. The molecule has 0 amide bonds. The minimum absolute atomic E-state index is 0.668. The van der Waals surface area contributed by atoms with E-state index in [1.807, 2.05) is 18.5 Å². The van der Waals surface area contributed by atoms with E-state index in [1.54, 1.807) is 0 Å². The summed E-state index contributed by atoms with van der Waals surface area (Å²) in [5.74, 6) is 0. The van der Waals surface area contributed by atoms with Gasteiger partial charge >= 0.3 is 0 Å². The number of nitrogens with zero attached hydrogens (tertiary/aromatic N) is 3. The van der Waals surface area contributed by atoms with Crippen LogP contribution >= 0.6 is 0 Å². The third-order valence-corrected chi connectivity index (χ3v) is 3.06. The minimum atomic E-state index is 0.668. The van der Waals surface area contributed by atoms with Gasteiger partial charge in [0.15, 0.2) is 0 Å². The lowest BCUT2D eigenvalue weighted by Gasteiger charge is -2.37. The highest BCUT2D eigenvalue weighted by molar-refractivity contribution is 5.43. The molecule has 1 aliphatic rings. The van der Waals surface area contributed by atoms with E-state index >= 15 is 0 Å². The van der Waals surface area contributed by atoms with E-state index in [4.69, 9.17) is 0 Å². The molecule has 0 N–H and O–H groups in total. The molecule has 0 saturated carbocycles. The van der Waals surface area contributed by atoms with Crippen LogP contribution in [-0.4, -0.2) is 42.1 Å². The molecule has 82 valence electrons. The second-order valence-corrected chi connectivity index (χ2v) is 4.33. The molecular formula is C12H19N3. The number of aromatic nitrogens is 1. The predicted molar refractivity (Wildman–Crippen MR) is 63.2 cm³/mol. The smallest absolute Gasteiger partial charge is 0.0553 e. The van der Waals surface area contributed by atoms with Crippen molar-refractivity contribution in [2.24, 2.45) is 0 Å². The van der Waals surface area contributed by atoms with Gasteiger partial charge in [0.1, 0.15) is 0 Å². The van der Waals surface area contributed by atoms with Crippen molar-refractivity contribution in [2.45, 2.75) is 19.9 Å². The summed E-state index contributed by atoms with van der Waals surface area (Å²) in [4.78, 5) is 9.09. The van der Waals surface area contributed by atoms with Crippen LogP contribution in [0.25, 0.3) is 0 Å². The second-order valence-electron chi connectivity index (χ2n) is 4.33. The molecule has 0 atom stereocenters. The Morgan fingerprint density at radius 2 is 1.93 bits per heavy atom. The standard InChI is InChI=1S/C12H19N3/c1-11(2)14-6-8-15(9-7-14)12-4-3-5-13-10-12/h3-5,10-11H,6-9H2,1-2H3. The Bertz CT molecular complexity index is 289. The van der Waals surface area contributed by atoms with Crippen LogP contribution in [0.15, 0.2) is 24.5 Å². The average Bonchev–Trinajstić information content (AvgIpc) is 2.30. The predicted octanol–water partition coefficient (Wildman–Crippen LogP) is 1.61. The Labute approximate surface area is 91.7 Å². The van der Waals surface area contributed by atoms with Crippen LogP contribution in [0.2, 0.25) is 0 Å². The number of piperazine rings is 1. The molecule has 3 heteroatoms. The van der Waals surface area contributed by atoms with Crippen molar-refractivity contribution in [3.8, 4) is 0 Å². The largest absolute Gasteiger partial charge is 0.368 e. The average molecular weight is 205 g/mol. The summed E-state index contributed by atoms with van der Waals surface area (Å²) in [7, 11) is 0. The zero-order chi connectivity index (χ0) is 10.7. The van der Waals surface area contributed by atoms with Gasteiger partial charge in [-0.15, -0.1) is 0 Å². The van der Waals surface area contributed by atoms with E-state index in [2.05, 4.69) is 34.7 Å². The van der Waals surface area contributed by atoms with E-state index < -0.39 is 0 Å². The van der Waals surface area contributed by atoms with Gasteiger partial charge in [0.25, 0.3) is 0 Å². The Kier molecular flexibility index (Phi) is 3.21. The summed E-state index contributed by atoms with van der Waals surface area (Å²) in [5.41, 5.74) is 1.25. The first kappa shape index (κ1) is 10.4. The molecule has 3 nitrogen and oxygen atoms in total. The minimum Gasteiger partial charge on any atom is -0.368 e. The van der Waals surface area contributed by atoms with Crippen LogP contribution < -0.4 is 4.90 Å². The lowest BCUT2D eigenvalue weighted by molar-refractivity contribution is 0.209. The number of hydrogen-bond acceptors (Lipinski definition) is 3. The quantitative estimate of drug-likeness (QED) is 0.731. The van der Waals surface area contributed by atoms with E-state index in [0.29, 0.717) is 6.04 Å². The molecule has 0 spiro atoms. The maximum atomic E-state index is 4.16. The first-order valence-electron chi connectivity index (χ1n) is 5.66. The van der Waals surface area contributed by atoms with Crippen molar-refractivity contribution in [1.29, 1.82) is 0 Å². The molecule has 0 bridgehead atoms. The maximum Gasteiger partial charge on any atom is 0.0553 e. The summed E-state index contributed by atoms with van der Waals surface area (Å²) < 4.78 is 0. The Hall–Kier alpha value is -1.09. The van der Waals surface area contributed by atoms with Crippen molar-refractivity contribution in [1.82, 2.24) is 9.88 Å². The number of rotatable bonds is 2. The monoisotopic (exact) mass is 205 g/mol. The Balaban J connectivity index is 1.94. The maximum absolute atomic E-state index is 4.16. The van der Waals surface area contributed by atoms with Crippen LogP contribution in [0.1, 0.15) is 13.8 Å². The number of pyridine rings is 1. The molecule has 1 aliphatic heterocycles. The van der Waals surface area contributed by atoms with E-state index in [9.17, 15) is 0 Å². The summed E-state index contributed by atoms with van der Waals surface area (Å²) in [5, 5.41) is 0. The molecular weight excluding hydrogens is 186 g/mol. The van der Waals surface area contributed by atoms with Crippen LogP contribution in [0, 0.1) is 0 Å². The normalized spacial score (nSPS) is 18.5. The summed E-state index contributed by atoms with van der Waals surface area (Å²) in [6.07, 6.45) is 3.78. The molecule has 0 aliphatic carbocycles. The van der Waals surface area contributed by atoms with Gasteiger partial charge in [0.2, 0.25) is 0 Å². The molecule has 1 aromatic rings. The van der Waals surface area contributed by atoms with Gasteiger partial charge in [0.05, 0.1) is 11.9 Å². The fraction of sp³-hybridized carbons (Fsp3) is 0.583. The highest BCUT2D eigenvalue weighted by Crippen LogP contribution is 2.15. The molecule has 0 unspecified atom stereocenters. The molecule has 15 heavy (non-hydrogen) atoms. The third-order valence-electron chi connectivity index (χ3n) is 3.06. The highest BCUT2D eigenvalue weighted by atomic mass is 15.3. The first-order chi connectivity index (χ1) is 7.27. The van der Waals surface area contributed by atoms with Gasteiger partial charge in [-0.3, -0.25) is 9.88 Å². The second kappa shape index (κ2) is 4.62. The topological polar surface area (TPSA) is 19.4 Å². The highest BCUT2D eigenvalue weighted by Gasteiger charge is 2.18. The zero-order valence-corrected chi connectivity index (χ0v) is 9.56. The molecule has 1 aromatic heterocycles. The lowest BCUT2D eigenvalue weighted by atomic mass is 10.2. The van der Waals surface area contributed by atoms with Crippen LogP contribution in [0.3, 0.4) is 0 Å². The van der Waals surface area contributed by atoms with Gasteiger partial charge in [0, 0.05) is 38.4 Å². The molecule has 2 heterocycles. The molecule has 1 saturated heterocycles. The fourth-order valence-corrected chi connectivity index (χ4v) is 2.04. The van der Waals surface area contributed by atoms with Gasteiger partial charge < -0.3 is 4.90 Å².